The molecular weight excluding hydrogens is 308 g/mol. The first-order chi connectivity index (χ1) is 11.4. The van der Waals surface area contributed by atoms with E-state index in [9.17, 15) is 14.7 Å². The van der Waals surface area contributed by atoms with E-state index < -0.39 is 6.10 Å². The number of ketones is 1. The van der Waals surface area contributed by atoms with Gasteiger partial charge in [0.1, 0.15) is 6.61 Å². The van der Waals surface area contributed by atoms with Crippen LogP contribution in [0.2, 0.25) is 0 Å². The lowest BCUT2D eigenvalue weighted by atomic mass is 10.1. The van der Waals surface area contributed by atoms with Crippen LogP contribution in [0.1, 0.15) is 44.0 Å². The summed E-state index contributed by atoms with van der Waals surface area (Å²) < 4.78 is 5.28. The van der Waals surface area contributed by atoms with Crippen molar-refractivity contribution in [1.82, 2.24) is 5.32 Å². The Bertz CT molecular complexity index is 532. The third-order valence-electron chi connectivity index (χ3n) is 3.25. The molecule has 134 valence electrons. The van der Waals surface area contributed by atoms with Gasteiger partial charge in [-0.25, -0.2) is 0 Å². The number of Topliss-reactive ketones (excluding diaryl/α,β-unsaturated/α-hetero) is 1. The van der Waals surface area contributed by atoms with Crippen LogP contribution in [0.5, 0.6) is 0 Å². The minimum absolute atomic E-state index is 0.0703. The summed E-state index contributed by atoms with van der Waals surface area (Å²) in [7, 11) is 0. The third-order valence-corrected chi connectivity index (χ3v) is 3.25. The predicted molar refractivity (Wildman–Crippen MR) is 94.3 cm³/mol. The average molecular weight is 336 g/mol. The van der Waals surface area contributed by atoms with Crippen LogP contribution in [0, 0.1) is 0 Å². The van der Waals surface area contributed by atoms with Crippen molar-refractivity contribution in [2.24, 2.45) is 0 Å². The van der Waals surface area contributed by atoms with Crippen molar-refractivity contribution in [3.05, 3.63) is 29.8 Å². The van der Waals surface area contributed by atoms with Crippen LogP contribution in [0.3, 0.4) is 0 Å². The molecule has 0 aliphatic rings. The number of amides is 1. The van der Waals surface area contributed by atoms with Crippen molar-refractivity contribution >= 4 is 17.4 Å². The normalized spacial score (nSPS) is 12.2. The summed E-state index contributed by atoms with van der Waals surface area (Å²) in [4.78, 5) is 23.7. The molecule has 0 spiro atoms. The maximum absolute atomic E-state index is 12.1. The van der Waals surface area contributed by atoms with Gasteiger partial charge in [0.25, 0.3) is 0 Å². The van der Waals surface area contributed by atoms with Gasteiger partial charge in [-0.3, -0.25) is 9.59 Å². The van der Waals surface area contributed by atoms with Crippen molar-refractivity contribution in [1.29, 1.82) is 0 Å². The number of ether oxygens (including phenoxy) is 1. The fourth-order valence-electron chi connectivity index (χ4n) is 2.02. The highest BCUT2D eigenvalue weighted by molar-refractivity contribution is 5.99. The number of rotatable bonds is 11. The zero-order chi connectivity index (χ0) is 17.9. The summed E-state index contributed by atoms with van der Waals surface area (Å²) in [6, 6.07) is 7.06. The van der Waals surface area contributed by atoms with Crippen LogP contribution < -0.4 is 10.6 Å². The predicted octanol–water partition coefficient (Wildman–Crippen LogP) is 1.98. The van der Waals surface area contributed by atoms with Crippen LogP contribution in [0.25, 0.3) is 0 Å². The quantitative estimate of drug-likeness (QED) is 0.538. The Kier molecular flexibility index (Phi) is 9.22. The summed E-state index contributed by atoms with van der Waals surface area (Å²) in [6.45, 7) is 6.32. The van der Waals surface area contributed by atoms with Gasteiger partial charge in [-0.15, -0.1) is 0 Å². The molecule has 0 aliphatic heterocycles. The second-order valence-electron chi connectivity index (χ2n) is 6.03. The molecule has 6 nitrogen and oxygen atoms in total. The second-order valence-corrected chi connectivity index (χ2v) is 6.03. The molecule has 0 saturated carbocycles. The highest BCUT2D eigenvalue weighted by atomic mass is 16.5. The molecule has 0 aliphatic carbocycles. The van der Waals surface area contributed by atoms with Crippen LogP contribution in [-0.4, -0.2) is 48.7 Å². The summed E-state index contributed by atoms with van der Waals surface area (Å²) in [5.41, 5.74) is 1.07. The average Bonchev–Trinajstić information content (AvgIpc) is 2.53. The molecule has 1 unspecified atom stereocenters. The molecule has 0 aromatic heterocycles. The molecule has 0 bridgehead atoms. The van der Waals surface area contributed by atoms with Crippen molar-refractivity contribution in [3.8, 4) is 0 Å². The summed E-state index contributed by atoms with van der Waals surface area (Å²) in [5, 5.41) is 15.6. The summed E-state index contributed by atoms with van der Waals surface area (Å²) in [6.07, 6.45) is 0.565. The first kappa shape index (κ1) is 20.3. The van der Waals surface area contributed by atoms with Crippen molar-refractivity contribution in [3.63, 3.8) is 0 Å². The van der Waals surface area contributed by atoms with Gasteiger partial charge in [0.05, 0.1) is 12.7 Å². The largest absolute Gasteiger partial charge is 0.389 e. The minimum atomic E-state index is -0.653. The Morgan fingerprint density at radius 3 is 2.71 bits per heavy atom. The molecule has 0 heterocycles. The molecule has 1 amide bonds. The fourth-order valence-corrected chi connectivity index (χ4v) is 2.02. The monoisotopic (exact) mass is 336 g/mol. The third kappa shape index (κ3) is 8.19. The van der Waals surface area contributed by atoms with E-state index >= 15 is 0 Å². The lowest BCUT2D eigenvalue weighted by Gasteiger charge is -2.14. The molecule has 3 N–H and O–H groups in total. The molecule has 6 heteroatoms. The molecule has 1 aromatic rings. The van der Waals surface area contributed by atoms with Gasteiger partial charge < -0.3 is 20.5 Å². The summed E-state index contributed by atoms with van der Waals surface area (Å²) in [5.74, 6) is -0.260. The first-order valence-electron chi connectivity index (χ1n) is 8.34. The minimum Gasteiger partial charge on any atom is -0.389 e. The number of hydrogen-bond acceptors (Lipinski definition) is 5. The highest BCUT2D eigenvalue weighted by Gasteiger charge is 2.10. The maximum Gasteiger partial charge on any atom is 0.224 e. The van der Waals surface area contributed by atoms with Crippen LogP contribution in [-0.2, 0) is 9.53 Å². The van der Waals surface area contributed by atoms with E-state index in [4.69, 9.17) is 4.74 Å². The van der Waals surface area contributed by atoms with Gasteiger partial charge in [-0.05, 0) is 18.6 Å². The number of nitrogens with one attached hydrogen (secondary N) is 2. The number of anilines is 1. The van der Waals surface area contributed by atoms with E-state index in [0.717, 1.165) is 6.42 Å². The van der Waals surface area contributed by atoms with E-state index in [1.165, 1.54) is 0 Å². The van der Waals surface area contributed by atoms with E-state index in [-0.39, 0.29) is 30.9 Å². The molecule has 1 aromatic carbocycles. The van der Waals surface area contributed by atoms with Crippen molar-refractivity contribution in [2.45, 2.75) is 45.8 Å². The van der Waals surface area contributed by atoms with Gasteiger partial charge in [-0.1, -0.05) is 32.9 Å². The molecule has 0 radical (unpaired) electrons. The van der Waals surface area contributed by atoms with E-state index in [1.807, 2.05) is 20.8 Å². The molecular formula is C18H28N2O4. The zero-order valence-corrected chi connectivity index (χ0v) is 14.7. The fraction of sp³-hybridized carbons (Fsp3) is 0.556. The molecule has 1 rings (SSSR count). The maximum atomic E-state index is 12.1. The van der Waals surface area contributed by atoms with Crippen molar-refractivity contribution in [2.75, 3.05) is 25.1 Å². The Labute approximate surface area is 143 Å². The van der Waals surface area contributed by atoms with Crippen LogP contribution >= 0.6 is 0 Å². The number of aliphatic hydroxyl groups is 1. The number of carbonyl (C=O) groups is 2. The molecule has 0 fully saturated rings. The Morgan fingerprint density at radius 2 is 2.04 bits per heavy atom. The van der Waals surface area contributed by atoms with E-state index in [2.05, 4.69) is 10.6 Å². The smallest absolute Gasteiger partial charge is 0.224 e. The lowest BCUT2D eigenvalue weighted by Crippen LogP contribution is -2.34. The Morgan fingerprint density at radius 1 is 1.29 bits per heavy atom. The van der Waals surface area contributed by atoms with E-state index in [0.29, 0.717) is 24.2 Å². The molecule has 24 heavy (non-hydrogen) atoms. The highest BCUT2D eigenvalue weighted by Crippen LogP contribution is 2.12. The zero-order valence-electron chi connectivity index (χ0n) is 14.7. The Hall–Kier alpha value is -1.76. The lowest BCUT2D eigenvalue weighted by molar-refractivity contribution is -0.116. The number of aliphatic hydroxyl groups excluding tert-OH is 1. The van der Waals surface area contributed by atoms with Gasteiger partial charge >= 0.3 is 0 Å². The van der Waals surface area contributed by atoms with Crippen molar-refractivity contribution < 1.29 is 19.4 Å². The van der Waals surface area contributed by atoms with Crippen LogP contribution in [0.4, 0.5) is 5.69 Å². The number of hydrogen-bond donors (Lipinski definition) is 3. The topological polar surface area (TPSA) is 87.7 Å². The van der Waals surface area contributed by atoms with E-state index in [1.54, 1.807) is 24.3 Å². The van der Waals surface area contributed by atoms with Gasteiger partial charge in [0.2, 0.25) is 5.91 Å². The SMILES string of the molecule is CCCC(=O)Nc1cccc(C(=O)COCC(O)CNC(C)C)c1. The number of benzene rings is 1. The Balaban J connectivity index is 2.43. The number of carbonyl (C=O) groups excluding carboxylic acids is 2. The molecule has 1 atom stereocenters. The summed E-state index contributed by atoms with van der Waals surface area (Å²) >= 11 is 0. The standard InChI is InChI=1S/C18H28N2O4/c1-4-6-18(23)20-15-8-5-7-14(9-15)17(22)12-24-11-16(21)10-19-13(2)3/h5,7-9,13,16,19,21H,4,6,10-12H2,1-3H3,(H,20,23). The van der Waals surface area contributed by atoms with Crippen LogP contribution in [0.15, 0.2) is 24.3 Å². The first-order valence-corrected chi connectivity index (χ1v) is 8.34. The van der Waals surface area contributed by atoms with Gasteiger partial charge in [0.15, 0.2) is 5.78 Å². The van der Waals surface area contributed by atoms with Gasteiger partial charge in [0, 0.05) is 30.3 Å². The van der Waals surface area contributed by atoms with Gasteiger partial charge in [-0.2, -0.15) is 0 Å². The molecule has 0 saturated heterocycles. The second kappa shape index (κ2) is 10.9.